The second kappa shape index (κ2) is 4.55. The summed E-state index contributed by atoms with van der Waals surface area (Å²) >= 11 is 0. The molecule has 1 saturated heterocycles. The zero-order chi connectivity index (χ0) is 11.5. The quantitative estimate of drug-likeness (QED) is 0.668. The third-order valence-corrected chi connectivity index (χ3v) is 2.04. The van der Waals surface area contributed by atoms with Gasteiger partial charge < -0.3 is 10.1 Å². The molecule has 0 atom stereocenters. The lowest BCUT2D eigenvalue weighted by atomic mass is 10.2. The normalized spacial score (nSPS) is 20.0. The molecule has 0 unspecified atom stereocenters. The number of hydrogen-bond acceptors (Lipinski definition) is 3. The molecular weight excluding hydrogens is 192 g/mol. The maximum atomic E-state index is 11.8. The standard InChI is InChI=1S/C11H20N2O2/c1-5-9-12-7-6-8-13(9)10(14)15-11(2,3)4/h5,12H,6-8H2,1-4H3. The first kappa shape index (κ1) is 11.9. The summed E-state index contributed by atoms with van der Waals surface area (Å²) in [4.78, 5) is 13.5. The fraction of sp³-hybridized carbons (Fsp3) is 0.727. The highest BCUT2D eigenvalue weighted by molar-refractivity contribution is 5.70. The van der Waals surface area contributed by atoms with Crippen LogP contribution >= 0.6 is 0 Å². The van der Waals surface area contributed by atoms with Gasteiger partial charge in [0.05, 0.1) is 0 Å². The van der Waals surface area contributed by atoms with Crippen molar-refractivity contribution in [2.45, 2.75) is 39.7 Å². The van der Waals surface area contributed by atoms with E-state index in [9.17, 15) is 4.79 Å². The lowest BCUT2D eigenvalue weighted by Gasteiger charge is -2.32. The Kier molecular flexibility index (Phi) is 3.61. The monoisotopic (exact) mass is 212 g/mol. The van der Waals surface area contributed by atoms with Crippen molar-refractivity contribution < 1.29 is 9.53 Å². The zero-order valence-corrected chi connectivity index (χ0v) is 9.96. The molecule has 1 heterocycles. The van der Waals surface area contributed by atoms with Crippen LogP contribution in [0.5, 0.6) is 0 Å². The Bertz CT molecular complexity index is 266. The largest absolute Gasteiger partial charge is 0.443 e. The third-order valence-electron chi connectivity index (χ3n) is 2.04. The van der Waals surface area contributed by atoms with Crippen LogP contribution in [-0.4, -0.2) is 29.7 Å². The third kappa shape index (κ3) is 3.46. The Morgan fingerprint density at radius 3 is 2.73 bits per heavy atom. The highest BCUT2D eigenvalue weighted by atomic mass is 16.6. The first-order valence-electron chi connectivity index (χ1n) is 5.35. The molecule has 1 N–H and O–H groups in total. The van der Waals surface area contributed by atoms with Crippen molar-refractivity contribution in [3.63, 3.8) is 0 Å². The van der Waals surface area contributed by atoms with Crippen LogP contribution in [0, 0.1) is 0 Å². The molecule has 4 nitrogen and oxygen atoms in total. The van der Waals surface area contributed by atoms with Crippen LogP contribution < -0.4 is 5.32 Å². The van der Waals surface area contributed by atoms with E-state index in [1.165, 1.54) is 0 Å². The fourth-order valence-electron chi connectivity index (χ4n) is 1.43. The molecule has 15 heavy (non-hydrogen) atoms. The minimum absolute atomic E-state index is 0.275. The van der Waals surface area contributed by atoms with Crippen molar-refractivity contribution in [3.05, 3.63) is 11.9 Å². The summed E-state index contributed by atoms with van der Waals surface area (Å²) in [7, 11) is 0. The molecule has 86 valence electrons. The van der Waals surface area contributed by atoms with Crippen molar-refractivity contribution in [3.8, 4) is 0 Å². The van der Waals surface area contributed by atoms with Gasteiger partial charge in [0.25, 0.3) is 0 Å². The summed E-state index contributed by atoms with van der Waals surface area (Å²) in [6.45, 7) is 9.17. The predicted molar refractivity (Wildman–Crippen MR) is 59.3 cm³/mol. The number of carbonyl (C=O) groups excluding carboxylic acids is 1. The minimum atomic E-state index is -0.437. The van der Waals surface area contributed by atoms with E-state index in [4.69, 9.17) is 4.74 Å². The number of nitrogens with zero attached hydrogens (tertiary/aromatic N) is 1. The molecule has 0 saturated carbocycles. The average Bonchev–Trinajstić information content (AvgIpc) is 2.15. The van der Waals surface area contributed by atoms with Crippen LogP contribution in [0.3, 0.4) is 0 Å². The molecule has 1 amide bonds. The maximum absolute atomic E-state index is 11.8. The van der Waals surface area contributed by atoms with Gasteiger partial charge in [-0.05, 0) is 40.2 Å². The van der Waals surface area contributed by atoms with Crippen LogP contribution in [-0.2, 0) is 4.74 Å². The van der Waals surface area contributed by atoms with Gasteiger partial charge >= 0.3 is 6.09 Å². The SMILES string of the molecule is CC=C1NCCCN1C(=O)OC(C)(C)C. The Hall–Kier alpha value is -1.19. The first-order valence-corrected chi connectivity index (χ1v) is 5.35. The summed E-state index contributed by atoms with van der Waals surface area (Å²) in [5.74, 6) is 0.843. The van der Waals surface area contributed by atoms with Gasteiger partial charge in [-0.25, -0.2) is 4.79 Å². The van der Waals surface area contributed by atoms with Crippen LogP contribution in [0.25, 0.3) is 0 Å². The van der Waals surface area contributed by atoms with E-state index in [1.54, 1.807) is 4.90 Å². The van der Waals surface area contributed by atoms with Gasteiger partial charge in [0.2, 0.25) is 0 Å². The van der Waals surface area contributed by atoms with Crippen molar-refractivity contribution in [2.24, 2.45) is 0 Å². The van der Waals surface area contributed by atoms with E-state index >= 15 is 0 Å². The van der Waals surface area contributed by atoms with Gasteiger partial charge in [-0.3, -0.25) is 4.90 Å². The van der Waals surface area contributed by atoms with Crippen molar-refractivity contribution in [1.29, 1.82) is 0 Å². The molecule has 4 heteroatoms. The minimum Gasteiger partial charge on any atom is -0.443 e. The summed E-state index contributed by atoms with van der Waals surface area (Å²) in [6, 6.07) is 0. The average molecular weight is 212 g/mol. The molecular formula is C11H20N2O2. The van der Waals surface area contributed by atoms with Crippen molar-refractivity contribution in [1.82, 2.24) is 10.2 Å². The van der Waals surface area contributed by atoms with Crippen LogP contribution in [0.2, 0.25) is 0 Å². The predicted octanol–water partition coefficient (Wildman–Crippen LogP) is 2.08. The smallest absolute Gasteiger partial charge is 0.415 e. The van der Waals surface area contributed by atoms with Crippen LogP contribution in [0.15, 0.2) is 11.9 Å². The Balaban J connectivity index is 2.65. The number of hydrogen-bond donors (Lipinski definition) is 1. The van der Waals surface area contributed by atoms with E-state index in [0.717, 1.165) is 25.3 Å². The molecule has 0 radical (unpaired) electrons. The fourth-order valence-corrected chi connectivity index (χ4v) is 1.43. The van der Waals surface area contributed by atoms with Gasteiger partial charge in [-0.15, -0.1) is 0 Å². The number of nitrogens with one attached hydrogen (secondary N) is 1. The molecule has 0 aliphatic carbocycles. The summed E-state index contributed by atoms with van der Waals surface area (Å²) in [5.41, 5.74) is -0.437. The lowest BCUT2D eigenvalue weighted by molar-refractivity contribution is 0.0280. The van der Waals surface area contributed by atoms with Crippen LogP contribution in [0.4, 0.5) is 4.79 Å². The topological polar surface area (TPSA) is 41.6 Å². The number of carbonyl (C=O) groups is 1. The number of allylic oxidation sites excluding steroid dienone is 1. The van der Waals surface area contributed by atoms with Gasteiger partial charge in [0.1, 0.15) is 11.4 Å². The van der Waals surface area contributed by atoms with Crippen molar-refractivity contribution in [2.75, 3.05) is 13.1 Å². The molecule has 0 aromatic rings. The van der Waals surface area contributed by atoms with Crippen molar-refractivity contribution >= 4 is 6.09 Å². The molecule has 0 spiro atoms. The number of ether oxygens (including phenoxy) is 1. The van der Waals surface area contributed by atoms with E-state index in [0.29, 0.717) is 0 Å². The van der Waals surface area contributed by atoms with E-state index in [1.807, 2.05) is 33.8 Å². The van der Waals surface area contributed by atoms with Gasteiger partial charge in [-0.1, -0.05) is 0 Å². The number of rotatable bonds is 0. The van der Waals surface area contributed by atoms with Gasteiger partial charge in [-0.2, -0.15) is 0 Å². The number of amides is 1. The summed E-state index contributed by atoms with van der Waals surface area (Å²) in [6.07, 6.45) is 2.57. The second-order valence-corrected chi connectivity index (χ2v) is 4.59. The van der Waals surface area contributed by atoms with Gasteiger partial charge in [0.15, 0.2) is 0 Å². The van der Waals surface area contributed by atoms with E-state index in [2.05, 4.69) is 5.32 Å². The van der Waals surface area contributed by atoms with E-state index < -0.39 is 5.60 Å². The lowest BCUT2D eigenvalue weighted by Crippen LogP contribution is -2.45. The molecule has 1 aliphatic rings. The molecule has 0 aromatic carbocycles. The van der Waals surface area contributed by atoms with E-state index in [-0.39, 0.29) is 6.09 Å². The maximum Gasteiger partial charge on any atom is 0.415 e. The Morgan fingerprint density at radius 1 is 1.53 bits per heavy atom. The molecule has 0 bridgehead atoms. The summed E-state index contributed by atoms with van der Waals surface area (Å²) < 4.78 is 5.32. The Morgan fingerprint density at radius 2 is 2.20 bits per heavy atom. The highest BCUT2D eigenvalue weighted by Crippen LogP contribution is 2.15. The molecule has 1 rings (SSSR count). The highest BCUT2D eigenvalue weighted by Gasteiger charge is 2.25. The molecule has 0 aromatic heterocycles. The molecule has 1 aliphatic heterocycles. The second-order valence-electron chi connectivity index (χ2n) is 4.59. The van der Waals surface area contributed by atoms with Crippen LogP contribution in [0.1, 0.15) is 34.1 Å². The summed E-state index contributed by atoms with van der Waals surface area (Å²) in [5, 5.41) is 3.17. The Labute approximate surface area is 91.3 Å². The molecule has 1 fully saturated rings. The van der Waals surface area contributed by atoms with Gasteiger partial charge in [0, 0.05) is 13.1 Å². The first-order chi connectivity index (χ1) is 6.94. The zero-order valence-electron chi connectivity index (χ0n) is 9.96.